The van der Waals surface area contributed by atoms with Gasteiger partial charge in [-0.05, 0) is 57.7 Å². The molecular formula is C38H42FN9O2S2. The van der Waals surface area contributed by atoms with Crippen molar-refractivity contribution >= 4 is 71.8 Å². The molecule has 0 aliphatic carbocycles. The molecule has 270 valence electrons. The maximum Gasteiger partial charge on any atom is 0.410 e. The van der Waals surface area contributed by atoms with Crippen LogP contribution in [-0.2, 0) is 17.0 Å². The van der Waals surface area contributed by atoms with Gasteiger partial charge in [0.25, 0.3) is 0 Å². The predicted molar refractivity (Wildman–Crippen MR) is 208 cm³/mol. The Bertz CT molecular complexity index is 2240. The van der Waals surface area contributed by atoms with E-state index in [0.29, 0.717) is 57.4 Å². The van der Waals surface area contributed by atoms with Crippen molar-refractivity contribution in [1.82, 2.24) is 29.3 Å². The van der Waals surface area contributed by atoms with Gasteiger partial charge in [0.05, 0.1) is 41.6 Å². The fourth-order valence-electron chi connectivity index (χ4n) is 6.95. The Hall–Kier alpha value is -4.87. The molecule has 0 spiro atoms. The molecule has 0 N–H and O–H groups in total. The summed E-state index contributed by atoms with van der Waals surface area (Å²) in [7, 11) is 3.29. The number of hydrogen-bond acceptors (Lipinski definition) is 9. The molecule has 11 nitrogen and oxygen atoms in total. The van der Waals surface area contributed by atoms with Gasteiger partial charge in [-0.15, -0.1) is 21.8 Å². The number of aliphatic imine (C=N–C) groups is 1. The Morgan fingerprint density at radius 3 is 2.54 bits per heavy atom. The maximum absolute atomic E-state index is 15.2. The van der Waals surface area contributed by atoms with Gasteiger partial charge in [0, 0.05) is 38.3 Å². The second-order valence-corrected chi connectivity index (χ2v) is 17.4. The molecule has 14 heteroatoms. The van der Waals surface area contributed by atoms with E-state index in [4.69, 9.17) is 19.7 Å². The summed E-state index contributed by atoms with van der Waals surface area (Å²) in [6.45, 7) is 9.08. The summed E-state index contributed by atoms with van der Waals surface area (Å²) >= 11 is 1.17. The van der Waals surface area contributed by atoms with Crippen LogP contribution in [0.4, 0.5) is 20.1 Å². The topological polar surface area (TPSA) is 116 Å². The lowest BCUT2D eigenvalue weighted by atomic mass is 10.1. The number of rotatable bonds is 8. The van der Waals surface area contributed by atoms with Crippen LogP contribution in [-0.4, -0.2) is 92.0 Å². The molecule has 3 aromatic heterocycles. The molecule has 0 radical (unpaired) electrons. The number of carbonyl (C=O) groups excluding carboxylic acids is 1. The van der Waals surface area contributed by atoms with E-state index in [2.05, 4.69) is 40.4 Å². The number of aromatic nitrogens is 4. The number of imidazole rings is 1. The molecule has 2 aliphatic rings. The van der Waals surface area contributed by atoms with Crippen LogP contribution in [0.25, 0.3) is 21.3 Å². The molecule has 3 atom stereocenters. The first kappa shape index (κ1) is 35.5. The standard InChI is InChI=1S/C38H42FN9O2S2/c1-7-52(21-24-11-9-8-10-12-24)35-31-33(43-36(44-35)48-26-14-15-27(48)20-46(19-26)37(49)50-38(2,3)4)47(23-41-31)18-25-13-16-29(39)32-30(25)28(17-40)34(51-32)42-22-45(5)6/h7-13,16,22-23,26-27H,14-15,18-21H2,1-6H3/b42-22+. The molecular weight excluding hydrogens is 698 g/mol. The van der Waals surface area contributed by atoms with Crippen molar-refractivity contribution in [3.63, 3.8) is 0 Å². The van der Waals surface area contributed by atoms with Crippen LogP contribution in [0.1, 0.15) is 57.2 Å². The highest BCUT2D eigenvalue weighted by Crippen LogP contribution is 2.42. The average Bonchev–Trinajstić information content (AvgIpc) is 3.78. The van der Waals surface area contributed by atoms with Crippen molar-refractivity contribution in [2.75, 3.05) is 32.1 Å². The van der Waals surface area contributed by atoms with Crippen molar-refractivity contribution in [3.8, 4) is 6.07 Å². The average molecular weight is 740 g/mol. The van der Waals surface area contributed by atoms with Crippen LogP contribution >= 0.6 is 21.8 Å². The number of halogens is 1. The number of carbonyl (C=O) groups is 1. The largest absolute Gasteiger partial charge is 0.444 e. The van der Waals surface area contributed by atoms with Gasteiger partial charge in [0.2, 0.25) is 5.95 Å². The first-order chi connectivity index (χ1) is 24.9. The number of likely N-dealkylation sites (tertiary alicyclic amines) is 1. The molecule has 2 aliphatic heterocycles. The zero-order valence-corrected chi connectivity index (χ0v) is 31.8. The number of ether oxygens (including phenoxy) is 1. The van der Waals surface area contributed by atoms with Gasteiger partial charge in [-0.2, -0.15) is 10.2 Å². The highest BCUT2D eigenvalue weighted by Gasteiger charge is 2.44. The Kier molecular flexibility index (Phi) is 9.75. The minimum Gasteiger partial charge on any atom is -0.444 e. The lowest BCUT2D eigenvalue weighted by Gasteiger charge is -2.41. The van der Waals surface area contributed by atoms with Crippen molar-refractivity contribution in [3.05, 3.63) is 71.3 Å². The number of anilines is 1. The van der Waals surface area contributed by atoms with E-state index in [0.717, 1.165) is 29.2 Å². The minimum absolute atomic E-state index is 0.0383. The second kappa shape index (κ2) is 14.3. The third-order valence-electron chi connectivity index (χ3n) is 9.20. The molecule has 7 rings (SSSR count). The van der Waals surface area contributed by atoms with Crippen molar-refractivity contribution in [1.29, 1.82) is 5.26 Å². The van der Waals surface area contributed by atoms with Crippen LogP contribution in [0.2, 0.25) is 0 Å². The summed E-state index contributed by atoms with van der Waals surface area (Å²) < 4.78 is 23.3. The zero-order valence-electron chi connectivity index (χ0n) is 30.2. The molecule has 52 heavy (non-hydrogen) atoms. The monoisotopic (exact) mass is 739 g/mol. The van der Waals surface area contributed by atoms with Gasteiger partial charge in [-0.25, -0.2) is 24.1 Å². The molecule has 3 unspecified atom stereocenters. The van der Waals surface area contributed by atoms with Crippen LogP contribution in [0, 0.1) is 17.1 Å². The van der Waals surface area contributed by atoms with Crippen LogP contribution in [0.5, 0.6) is 0 Å². The third kappa shape index (κ3) is 6.99. The van der Waals surface area contributed by atoms with Crippen molar-refractivity contribution < 1.29 is 13.9 Å². The zero-order chi connectivity index (χ0) is 36.7. The van der Waals surface area contributed by atoms with Gasteiger partial charge >= 0.3 is 6.09 Å². The summed E-state index contributed by atoms with van der Waals surface area (Å²) in [6, 6.07) is 15.9. The highest BCUT2D eigenvalue weighted by molar-refractivity contribution is 8.14. The van der Waals surface area contributed by atoms with Crippen LogP contribution < -0.4 is 4.90 Å². The fourth-order valence-corrected chi connectivity index (χ4v) is 9.66. The van der Waals surface area contributed by atoms with E-state index in [-0.39, 0.29) is 18.2 Å². The molecule has 5 aromatic rings. The SMILES string of the molecule is C/C=S(\Cc1ccccc1)c1nc(N2C3CCC2CN(C(=O)OC(C)(C)C)C3)nc2c1ncn2Cc1ccc(F)c2sc(/N=C/N(C)C)c(C#N)c12. The molecule has 2 fully saturated rings. The number of nitriles is 1. The summed E-state index contributed by atoms with van der Waals surface area (Å²) in [4.78, 5) is 38.9. The number of nitrogens with zero attached hydrogens (tertiary/aromatic N) is 9. The first-order valence-corrected chi connectivity index (χ1v) is 19.6. The number of amides is 1. The van der Waals surface area contributed by atoms with E-state index in [1.54, 1.807) is 23.6 Å². The molecule has 2 aromatic carbocycles. The van der Waals surface area contributed by atoms with Gasteiger partial charge in [0.15, 0.2) is 5.65 Å². The van der Waals surface area contributed by atoms with E-state index in [1.165, 1.54) is 23.0 Å². The lowest BCUT2D eigenvalue weighted by molar-refractivity contribution is 0.0208. The fraction of sp³-hybridized carbons (Fsp3) is 0.395. The summed E-state index contributed by atoms with van der Waals surface area (Å²) in [6.07, 6.45) is 4.91. The summed E-state index contributed by atoms with van der Waals surface area (Å²) in [5.41, 5.74) is 3.12. The van der Waals surface area contributed by atoms with Gasteiger partial charge in [0.1, 0.15) is 33.0 Å². The van der Waals surface area contributed by atoms with Crippen LogP contribution in [0.15, 0.2) is 58.8 Å². The normalized spacial score (nSPS) is 18.1. The Morgan fingerprint density at radius 1 is 1.15 bits per heavy atom. The number of fused-ring (bicyclic) bond motifs is 4. The number of piperazine rings is 1. The van der Waals surface area contributed by atoms with Gasteiger partial charge in [-0.3, -0.25) is 0 Å². The van der Waals surface area contributed by atoms with E-state index >= 15 is 4.39 Å². The highest BCUT2D eigenvalue weighted by atomic mass is 32.2. The van der Waals surface area contributed by atoms with Crippen LogP contribution in [0.3, 0.4) is 0 Å². The predicted octanol–water partition coefficient (Wildman–Crippen LogP) is 7.56. The van der Waals surface area contributed by atoms with E-state index < -0.39 is 21.9 Å². The maximum atomic E-state index is 15.2. The Labute approximate surface area is 309 Å². The minimum atomic E-state index is -0.575. The lowest BCUT2D eigenvalue weighted by Crippen LogP contribution is -2.56. The smallest absolute Gasteiger partial charge is 0.410 e. The quantitative estimate of drug-likeness (QED) is 0.0694. The number of hydrogen-bond donors (Lipinski definition) is 0. The molecule has 2 bridgehead atoms. The van der Waals surface area contributed by atoms with Gasteiger partial charge < -0.3 is 24.0 Å². The Balaban J connectivity index is 1.32. The second-order valence-electron chi connectivity index (χ2n) is 14.4. The molecule has 0 saturated carbocycles. The van der Waals surface area contributed by atoms with E-state index in [9.17, 15) is 10.1 Å². The Morgan fingerprint density at radius 2 is 1.88 bits per heavy atom. The molecule has 1 amide bonds. The van der Waals surface area contributed by atoms with Crippen molar-refractivity contribution in [2.45, 2.75) is 75.5 Å². The van der Waals surface area contributed by atoms with E-state index in [1.807, 2.05) is 62.5 Å². The number of thiophene rings is 1. The summed E-state index contributed by atoms with van der Waals surface area (Å²) in [5, 5.41) is 14.3. The number of benzene rings is 2. The third-order valence-corrected chi connectivity index (χ3v) is 12.3. The van der Waals surface area contributed by atoms with Crippen molar-refractivity contribution in [2.24, 2.45) is 4.99 Å². The summed E-state index contributed by atoms with van der Waals surface area (Å²) in [5.74, 6) is 0.994. The first-order valence-electron chi connectivity index (χ1n) is 17.3. The molecule has 2 saturated heterocycles. The van der Waals surface area contributed by atoms with Gasteiger partial charge in [-0.1, -0.05) is 41.8 Å². The molecule has 5 heterocycles.